The van der Waals surface area contributed by atoms with Gasteiger partial charge in [0, 0.05) is 31.6 Å². The van der Waals surface area contributed by atoms with Crippen LogP contribution in [-0.4, -0.2) is 21.8 Å². The van der Waals surface area contributed by atoms with Crippen LogP contribution in [0.25, 0.3) is 0 Å². The summed E-state index contributed by atoms with van der Waals surface area (Å²) >= 11 is 1.28. The number of nitrogens with one attached hydrogen (secondary N) is 1. The molecular weight excluding hydrogens is 260 g/mol. The Balaban J connectivity index is 2.62. The Morgan fingerprint density at radius 3 is 2.68 bits per heavy atom. The standard InChI is InChI=1S/C14H16N2O2S/c1-10-13(6-4-5-9-19-12(3)18)7-8-14(15-10)16-11(2)17/h7-8H,5,9H2,1-3H3,(H,15,16,17). The van der Waals surface area contributed by atoms with Gasteiger partial charge in [0.25, 0.3) is 0 Å². The van der Waals surface area contributed by atoms with Crippen LogP contribution in [-0.2, 0) is 9.59 Å². The molecule has 1 rings (SSSR count). The molecular formula is C14H16N2O2S. The number of pyridine rings is 1. The zero-order valence-electron chi connectivity index (χ0n) is 11.2. The molecule has 100 valence electrons. The lowest BCUT2D eigenvalue weighted by atomic mass is 10.2. The molecule has 0 aliphatic heterocycles. The van der Waals surface area contributed by atoms with E-state index in [1.807, 2.05) is 13.0 Å². The fourth-order valence-electron chi connectivity index (χ4n) is 1.35. The highest BCUT2D eigenvalue weighted by molar-refractivity contribution is 8.13. The van der Waals surface area contributed by atoms with Gasteiger partial charge in [0.2, 0.25) is 5.91 Å². The molecule has 0 saturated carbocycles. The zero-order valence-corrected chi connectivity index (χ0v) is 12.1. The summed E-state index contributed by atoms with van der Waals surface area (Å²) in [4.78, 5) is 25.9. The maximum atomic E-state index is 10.9. The van der Waals surface area contributed by atoms with Gasteiger partial charge in [0.15, 0.2) is 5.12 Å². The molecule has 0 unspecified atom stereocenters. The predicted molar refractivity (Wildman–Crippen MR) is 77.9 cm³/mol. The highest BCUT2D eigenvalue weighted by Crippen LogP contribution is 2.09. The summed E-state index contributed by atoms with van der Waals surface area (Å²) in [5, 5.41) is 2.73. The van der Waals surface area contributed by atoms with E-state index in [4.69, 9.17) is 0 Å². The van der Waals surface area contributed by atoms with Crippen molar-refractivity contribution in [1.82, 2.24) is 4.98 Å². The highest BCUT2D eigenvalue weighted by atomic mass is 32.2. The molecule has 0 aliphatic rings. The minimum Gasteiger partial charge on any atom is -0.311 e. The lowest BCUT2D eigenvalue weighted by Gasteiger charge is -2.03. The summed E-state index contributed by atoms with van der Waals surface area (Å²) in [5.74, 6) is 7.12. The van der Waals surface area contributed by atoms with E-state index in [0.29, 0.717) is 18.0 Å². The molecule has 5 heteroatoms. The molecule has 0 aliphatic carbocycles. The van der Waals surface area contributed by atoms with Crippen LogP contribution in [0.3, 0.4) is 0 Å². The van der Waals surface area contributed by atoms with Crippen LogP contribution < -0.4 is 5.32 Å². The maximum absolute atomic E-state index is 10.9. The summed E-state index contributed by atoms with van der Waals surface area (Å²) < 4.78 is 0. The Morgan fingerprint density at radius 2 is 2.11 bits per heavy atom. The average molecular weight is 276 g/mol. The van der Waals surface area contributed by atoms with E-state index >= 15 is 0 Å². The molecule has 4 nitrogen and oxygen atoms in total. The van der Waals surface area contributed by atoms with Gasteiger partial charge in [-0.1, -0.05) is 23.6 Å². The van der Waals surface area contributed by atoms with Gasteiger partial charge in [-0.15, -0.1) is 0 Å². The van der Waals surface area contributed by atoms with E-state index in [9.17, 15) is 9.59 Å². The fourth-order valence-corrected chi connectivity index (χ4v) is 1.84. The summed E-state index contributed by atoms with van der Waals surface area (Å²) in [6.07, 6.45) is 0.664. The van der Waals surface area contributed by atoms with Gasteiger partial charge in [0.05, 0.1) is 5.69 Å². The van der Waals surface area contributed by atoms with Crippen molar-refractivity contribution in [2.24, 2.45) is 0 Å². The number of amides is 1. The second-order valence-electron chi connectivity index (χ2n) is 3.90. The Bertz CT molecular complexity index is 544. The smallest absolute Gasteiger partial charge is 0.222 e. The maximum Gasteiger partial charge on any atom is 0.222 e. The first-order valence-electron chi connectivity index (χ1n) is 5.86. The Labute approximate surface area is 117 Å². The van der Waals surface area contributed by atoms with Crippen molar-refractivity contribution < 1.29 is 9.59 Å². The van der Waals surface area contributed by atoms with E-state index in [1.54, 1.807) is 13.0 Å². The Morgan fingerprint density at radius 1 is 1.37 bits per heavy atom. The van der Waals surface area contributed by atoms with Crippen molar-refractivity contribution in [1.29, 1.82) is 0 Å². The third-order valence-corrected chi connectivity index (χ3v) is 2.96. The largest absolute Gasteiger partial charge is 0.311 e. The number of thioether (sulfide) groups is 1. The third kappa shape index (κ3) is 6.07. The van der Waals surface area contributed by atoms with E-state index in [2.05, 4.69) is 22.1 Å². The van der Waals surface area contributed by atoms with Crippen LogP contribution in [0.5, 0.6) is 0 Å². The van der Waals surface area contributed by atoms with Gasteiger partial charge in [-0.05, 0) is 19.1 Å². The number of hydrogen-bond acceptors (Lipinski definition) is 4. The number of carbonyl (C=O) groups is 2. The van der Waals surface area contributed by atoms with Crippen molar-refractivity contribution in [3.05, 3.63) is 23.4 Å². The first-order chi connectivity index (χ1) is 8.99. The van der Waals surface area contributed by atoms with Gasteiger partial charge in [0.1, 0.15) is 5.82 Å². The van der Waals surface area contributed by atoms with Gasteiger partial charge < -0.3 is 5.32 Å². The number of rotatable bonds is 3. The zero-order chi connectivity index (χ0) is 14.3. The fraction of sp³-hybridized carbons (Fsp3) is 0.357. The van der Waals surface area contributed by atoms with E-state index < -0.39 is 0 Å². The van der Waals surface area contributed by atoms with Crippen molar-refractivity contribution >= 4 is 28.6 Å². The van der Waals surface area contributed by atoms with Crippen molar-refractivity contribution in [2.75, 3.05) is 11.1 Å². The van der Waals surface area contributed by atoms with Gasteiger partial charge in [-0.3, -0.25) is 9.59 Å². The molecule has 0 bridgehead atoms. The average Bonchev–Trinajstić information content (AvgIpc) is 2.30. The number of anilines is 1. The molecule has 1 aromatic rings. The van der Waals surface area contributed by atoms with Crippen molar-refractivity contribution in [2.45, 2.75) is 27.2 Å². The van der Waals surface area contributed by atoms with Crippen LogP contribution in [0, 0.1) is 18.8 Å². The molecule has 0 radical (unpaired) electrons. The molecule has 0 fully saturated rings. The molecule has 1 heterocycles. The Hall–Kier alpha value is -1.80. The number of aromatic nitrogens is 1. The Kier molecular flexibility index (Phi) is 6.10. The van der Waals surface area contributed by atoms with Gasteiger partial charge in [-0.2, -0.15) is 0 Å². The second kappa shape index (κ2) is 7.59. The lowest BCUT2D eigenvalue weighted by molar-refractivity contribution is -0.114. The summed E-state index contributed by atoms with van der Waals surface area (Å²) in [6, 6.07) is 3.56. The molecule has 0 spiro atoms. The minimum atomic E-state index is -0.146. The number of nitrogens with zero attached hydrogens (tertiary/aromatic N) is 1. The second-order valence-corrected chi connectivity index (χ2v) is 5.17. The van der Waals surface area contributed by atoms with Crippen LogP contribution in [0.2, 0.25) is 0 Å². The molecule has 1 amide bonds. The summed E-state index contributed by atoms with van der Waals surface area (Å²) in [5.41, 5.74) is 1.61. The predicted octanol–water partition coefficient (Wildman–Crippen LogP) is 2.37. The number of hydrogen-bond donors (Lipinski definition) is 1. The van der Waals surface area contributed by atoms with E-state index in [1.165, 1.54) is 18.7 Å². The lowest BCUT2D eigenvalue weighted by Crippen LogP contribution is -2.08. The number of carbonyl (C=O) groups excluding carboxylic acids is 2. The molecule has 0 atom stereocenters. The topological polar surface area (TPSA) is 59.1 Å². The van der Waals surface area contributed by atoms with Gasteiger partial charge in [-0.25, -0.2) is 4.98 Å². The van der Waals surface area contributed by atoms with Gasteiger partial charge >= 0.3 is 0 Å². The van der Waals surface area contributed by atoms with Crippen molar-refractivity contribution in [3.8, 4) is 11.8 Å². The first kappa shape index (κ1) is 15.3. The van der Waals surface area contributed by atoms with Crippen LogP contribution in [0.1, 0.15) is 31.5 Å². The van der Waals surface area contributed by atoms with Crippen LogP contribution in [0.15, 0.2) is 12.1 Å². The van der Waals surface area contributed by atoms with E-state index in [0.717, 1.165) is 11.3 Å². The van der Waals surface area contributed by atoms with Crippen molar-refractivity contribution in [3.63, 3.8) is 0 Å². The summed E-state index contributed by atoms with van der Waals surface area (Å²) in [6.45, 7) is 4.84. The van der Waals surface area contributed by atoms with Crippen LogP contribution >= 0.6 is 11.8 Å². The summed E-state index contributed by atoms with van der Waals surface area (Å²) in [7, 11) is 0. The monoisotopic (exact) mass is 276 g/mol. The SMILES string of the molecule is CC(=O)Nc1ccc(C#CCCSC(C)=O)c(C)n1. The van der Waals surface area contributed by atoms with Crippen LogP contribution in [0.4, 0.5) is 5.82 Å². The molecule has 0 saturated heterocycles. The normalized spacial score (nSPS) is 9.42. The minimum absolute atomic E-state index is 0.110. The molecule has 19 heavy (non-hydrogen) atoms. The molecule has 0 aromatic carbocycles. The quantitative estimate of drug-likeness (QED) is 0.680. The molecule has 1 aromatic heterocycles. The number of aryl methyl sites for hydroxylation is 1. The molecule has 1 N–H and O–H groups in total. The highest BCUT2D eigenvalue weighted by Gasteiger charge is 2.00. The van der Waals surface area contributed by atoms with E-state index in [-0.39, 0.29) is 11.0 Å². The first-order valence-corrected chi connectivity index (χ1v) is 6.85. The third-order valence-electron chi connectivity index (χ3n) is 2.15.